The standard InChI is InChI=1S/C17H22N2O6/c1-11(9-14(20)23-2)18-16-13(7-6-12-5-4-8-25-12)19(17(16)22)10-15(21)24-3/h4-5,8-9,13,16,18H,6-7,10H2,1-3H3/b11-9-. The molecular formula is C17H22N2O6. The minimum Gasteiger partial charge on any atom is -0.469 e. The topological polar surface area (TPSA) is 98.1 Å². The fourth-order valence-corrected chi connectivity index (χ4v) is 2.75. The summed E-state index contributed by atoms with van der Waals surface area (Å²) in [6, 6.07) is 2.93. The zero-order chi connectivity index (χ0) is 18.4. The van der Waals surface area contributed by atoms with Gasteiger partial charge < -0.3 is 24.1 Å². The van der Waals surface area contributed by atoms with Gasteiger partial charge >= 0.3 is 11.9 Å². The van der Waals surface area contributed by atoms with Crippen molar-refractivity contribution in [3.05, 3.63) is 35.9 Å². The summed E-state index contributed by atoms with van der Waals surface area (Å²) in [6.45, 7) is 1.58. The number of methoxy groups -OCH3 is 2. The number of β-lactam (4-membered cyclic amide) rings is 1. The summed E-state index contributed by atoms with van der Waals surface area (Å²) in [4.78, 5) is 36.7. The molecule has 1 saturated heterocycles. The predicted molar refractivity (Wildman–Crippen MR) is 87.2 cm³/mol. The van der Waals surface area contributed by atoms with Crippen molar-refractivity contribution in [2.24, 2.45) is 0 Å². The summed E-state index contributed by atoms with van der Waals surface area (Å²) in [6.07, 6.45) is 4.10. The van der Waals surface area contributed by atoms with E-state index >= 15 is 0 Å². The Balaban J connectivity index is 2.04. The van der Waals surface area contributed by atoms with E-state index < -0.39 is 18.0 Å². The van der Waals surface area contributed by atoms with Gasteiger partial charge in [-0.15, -0.1) is 0 Å². The fourth-order valence-electron chi connectivity index (χ4n) is 2.75. The third kappa shape index (κ3) is 4.62. The van der Waals surface area contributed by atoms with Gasteiger partial charge in [0, 0.05) is 18.2 Å². The first-order chi connectivity index (χ1) is 12.0. The van der Waals surface area contributed by atoms with Crippen LogP contribution in [0.3, 0.4) is 0 Å². The Morgan fingerprint density at radius 1 is 1.36 bits per heavy atom. The largest absolute Gasteiger partial charge is 0.469 e. The molecule has 0 aromatic carbocycles. The lowest BCUT2D eigenvalue weighted by atomic mass is 9.90. The van der Waals surface area contributed by atoms with Crippen molar-refractivity contribution in [3.63, 3.8) is 0 Å². The van der Waals surface area contributed by atoms with E-state index in [0.717, 1.165) is 5.76 Å². The minimum absolute atomic E-state index is 0.101. The SMILES string of the molecule is COC(=O)/C=C(/C)NC1C(=O)N(CC(=O)OC)C1CCc1ccco1. The van der Waals surface area contributed by atoms with E-state index in [1.54, 1.807) is 19.3 Å². The smallest absolute Gasteiger partial charge is 0.332 e. The number of carbonyl (C=O) groups is 3. The normalized spacial score (nSPS) is 20.0. The van der Waals surface area contributed by atoms with Crippen LogP contribution in [-0.2, 0) is 30.3 Å². The summed E-state index contributed by atoms with van der Waals surface area (Å²) in [7, 11) is 2.56. The second-order valence-electron chi connectivity index (χ2n) is 5.70. The van der Waals surface area contributed by atoms with Gasteiger partial charge in [0.15, 0.2) is 0 Å². The van der Waals surface area contributed by atoms with Crippen LogP contribution in [0.5, 0.6) is 0 Å². The fraction of sp³-hybridized carbons (Fsp3) is 0.471. The number of allylic oxidation sites excluding steroid dienone is 1. The lowest BCUT2D eigenvalue weighted by Crippen LogP contribution is -2.70. The van der Waals surface area contributed by atoms with E-state index in [2.05, 4.69) is 14.8 Å². The van der Waals surface area contributed by atoms with Crippen molar-refractivity contribution in [3.8, 4) is 0 Å². The van der Waals surface area contributed by atoms with Gasteiger partial charge in [-0.05, 0) is 25.5 Å². The van der Waals surface area contributed by atoms with Gasteiger partial charge in [-0.1, -0.05) is 0 Å². The quantitative estimate of drug-likeness (QED) is 0.417. The van der Waals surface area contributed by atoms with Crippen LogP contribution < -0.4 is 5.32 Å². The van der Waals surface area contributed by atoms with E-state index in [9.17, 15) is 14.4 Å². The average molecular weight is 350 g/mol. The third-order valence-electron chi connectivity index (χ3n) is 4.05. The van der Waals surface area contributed by atoms with Gasteiger partial charge in [0.2, 0.25) is 5.91 Å². The van der Waals surface area contributed by atoms with Crippen LogP contribution in [0, 0.1) is 0 Å². The maximum atomic E-state index is 12.4. The minimum atomic E-state index is -0.513. The molecule has 2 rings (SSSR count). The van der Waals surface area contributed by atoms with Crippen LogP contribution in [-0.4, -0.2) is 55.6 Å². The molecule has 0 aliphatic carbocycles. The molecule has 1 aromatic heterocycles. The van der Waals surface area contributed by atoms with E-state index in [1.807, 2.05) is 6.07 Å². The number of rotatable bonds is 8. The maximum absolute atomic E-state index is 12.4. The summed E-state index contributed by atoms with van der Waals surface area (Å²) in [5, 5.41) is 3.02. The highest BCUT2D eigenvalue weighted by molar-refractivity contribution is 5.92. The molecule has 2 heterocycles. The van der Waals surface area contributed by atoms with E-state index in [1.165, 1.54) is 25.2 Å². The second kappa shape index (κ2) is 8.36. The third-order valence-corrected chi connectivity index (χ3v) is 4.05. The Kier molecular flexibility index (Phi) is 6.21. The average Bonchev–Trinajstić information content (AvgIpc) is 3.12. The summed E-state index contributed by atoms with van der Waals surface area (Å²) < 4.78 is 14.5. The highest BCUT2D eigenvalue weighted by Gasteiger charge is 2.47. The van der Waals surface area contributed by atoms with Gasteiger partial charge in [-0.2, -0.15) is 0 Å². The highest BCUT2D eigenvalue weighted by Crippen LogP contribution is 2.25. The molecule has 8 nitrogen and oxygen atoms in total. The number of nitrogens with one attached hydrogen (secondary N) is 1. The highest BCUT2D eigenvalue weighted by atomic mass is 16.5. The van der Waals surface area contributed by atoms with Crippen molar-refractivity contribution >= 4 is 17.8 Å². The molecule has 1 amide bonds. The second-order valence-corrected chi connectivity index (χ2v) is 5.70. The van der Waals surface area contributed by atoms with Crippen LogP contribution >= 0.6 is 0 Å². The molecule has 0 radical (unpaired) electrons. The van der Waals surface area contributed by atoms with Gasteiger partial charge in [0.1, 0.15) is 18.3 Å². The number of amides is 1. The van der Waals surface area contributed by atoms with Crippen molar-refractivity contribution in [2.75, 3.05) is 20.8 Å². The first-order valence-corrected chi connectivity index (χ1v) is 7.88. The van der Waals surface area contributed by atoms with Crippen LogP contribution in [0.1, 0.15) is 19.1 Å². The number of likely N-dealkylation sites (tertiary alicyclic amines) is 1. The van der Waals surface area contributed by atoms with Gasteiger partial charge in [0.05, 0.1) is 26.5 Å². The van der Waals surface area contributed by atoms with Crippen molar-refractivity contribution in [2.45, 2.75) is 31.8 Å². The summed E-state index contributed by atoms with van der Waals surface area (Å²) in [5.41, 5.74) is 0.519. The number of esters is 2. The predicted octanol–water partition coefficient (Wildman–Crippen LogP) is 0.631. The van der Waals surface area contributed by atoms with Gasteiger partial charge in [-0.3, -0.25) is 9.59 Å². The van der Waals surface area contributed by atoms with Crippen molar-refractivity contribution < 1.29 is 28.3 Å². The molecule has 2 atom stereocenters. The molecule has 1 N–H and O–H groups in total. The van der Waals surface area contributed by atoms with E-state index in [0.29, 0.717) is 18.5 Å². The van der Waals surface area contributed by atoms with Crippen molar-refractivity contribution in [1.29, 1.82) is 0 Å². The Bertz CT molecular complexity index is 652. The molecule has 1 aliphatic rings. The van der Waals surface area contributed by atoms with E-state index in [-0.39, 0.29) is 18.5 Å². The van der Waals surface area contributed by atoms with Crippen LogP contribution in [0.15, 0.2) is 34.6 Å². The van der Waals surface area contributed by atoms with Crippen LogP contribution in [0.4, 0.5) is 0 Å². The lowest BCUT2D eigenvalue weighted by molar-refractivity contribution is -0.160. The monoisotopic (exact) mass is 350 g/mol. The number of furan rings is 1. The summed E-state index contributed by atoms with van der Waals surface area (Å²) >= 11 is 0. The Morgan fingerprint density at radius 3 is 2.72 bits per heavy atom. The lowest BCUT2D eigenvalue weighted by Gasteiger charge is -2.47. The zero-order valence-corrected chi connectivity index (χ0v) is 14.5. The number of hydrogen-bond donors (Lipinski definition) is 1. The van der Waals surface area contributed by atoms with Crippen LogP contribution in [0.2, 0.25) is 0 Å². The molecule has 136 valence electrons. The molecule has 1 aliphatic heterocycles. The Labute approximate surface area is 145 Å². The Morgan fingerprint density at radius 2 is 2.12 bits per heavy atom. The maximum Gasteiger partial charge on any atom is 0.332 e. The van der Waals surface area contributed by atoms with Crippen LogP contribution in [0.25, 0.3) is 0 Å². The molecule has 8 heteroatoms. The molecule has 0 bridgehead atoms. The number of hydrogen-bond acceptors (Lipinski definition) is 7. The molecule has 0 spiro atoms. The number of aryl methyl sites for hydroxylation is 1. The van der Waals surface area contributed by atoms with Crippen molar-refractivity contribution in [1.82, 2.24) is 10.2 Å². The molecule has 2 unspecified atom stereocenters. The first kappa shape index (κ1) is 18.6. The molecular weight excluding hydrogens is 328 g/mol. The zero-order valence-electron chi connectivity index (χ0n) is 14.5. The molecule has 0 saturated carbocycles. The first-order valence-electron chi connectivity index (χ1n) is 7.88. The number of ether oxygens (including phenoxy) is 2. The molecule has 25 heavy (non-hydrogen) atoms. The number of carbonyl (C=O) groups excluding carboxylic acids is 3. The van der Waals surface area contributed by atoms with Gasteiger partial charge in [-0.25, -0.2) is 4.79 Å². The molecule has 1 fully saturated rings. The summed E-state index contributed by atoms with van der Waals surface area (Å²) in [5.74, 6) is -0.391. The van der Waals surface area contributed by atoms with Gasteiger partial charge in [0.25, 0.3) is 0 Å². The molecule has 1 aromatic rings. The van der Waals surface area contributed by atoms with E-state index in [4.69, 9.17) is 4.42 Å². The Hall–Kier alpha value is -2.77. The number of nitrogens with zero attached hydrogens (tertiary/aromatic N) is 1.